The topological polar surface area (TPSA) is 21.1 Å². The summed E-state index contributed by atoms with van der Waals surface area (Å²) in [5.74, 6) is 1.08. The summed E-state index contributed by atoms with van der Waals surface area (Å²) in [4.78, 5) is 4.62. The average molecular weight is 420 g/mol. The fourth-order valence-corrected chi connectivity index (χ4v) is 4.94. The van der Waals surface area contributed by atoms with E-state index >= 15 is 0 Å². The quantitative estimate of drug-likeness (QED) is 0.444. The van der Waals surface area contributed by atoms with Gasteiger partial charge in [0.2, 0.25) is 6.43 Å². The van der Waals surface area contributed by atoms with Crippen molar-refractivity contribution in [2.45, 2.75) is 35.5 Å². The van der Waals surface area contributed by atoms with Gasteiger partial charge in [-0.2, -0.15) is 4.09 Å². The zero-order chi connectivity index (χ0) is 19.5. The molecule has 1 aliphatic heterocycles. The highest BCUT2D eigenvalue weighted by atomic mass is 32.2. The molecule has 0 radical (unpaired) electrons. The second-order valence-corrected chi connectivity index (χ2v) is 8.92. The zero-order valence-electron chi connectivity index (χ0n) is 15.7. The van der Waals surface area contributed by atoms with Gasteiger partial charge in [0.15, 0.2) is 5.82 Å². The van der Waals surface area contributed by atoms with Crippen LogP contribution >= 0.6 is 23.7 Å². The Labute approximate surface area is 172 Å². The van der Waals surface area contributed by atoms with Gasteiger partial charge < -0.3 is 4.90 Å². The number of hydrogen-bond acceptors (Lipinski definition) is 4. The lowest BCUT2D eigenvalue weighted by Gasteiger charge is -2.32. The molecule has 2 heterocycles. The van der Waals surface area contributed by atoms with Gasteiger partial charge in [-0.25, -0.2) is 8.78 Å². The summed E-state index contributed by atoms with van der Waals surface area (Å²) in [5, 5.41) is 6.00. The summed E-state index contributed by atoms with van der Waals surface area (Å²) in [7, 11) is 0. The fraction of sp³-hybridized carbons (Fsp3) is 0.381. The summed E-state index contributed by atoms with van der Waals surface area (Å²) < 4.78 is 27.3. The monoisotopic (exact) mass is 419 g/mol. The van der Waals surface area contributed by atoms with Crippen LogP contribution in [-0.2, 0) is 0 Å². The third-order valence-electron chi connectivity index (χ3n) is 5.21. The summed E-state index contributed by atoms with van der Waals surface area (Å²) >= 11 is 3.33. The van der Waals surface area contributed by atoms with Crippen LogP contribution in [0.1, 0.15) is 19.3 Å². The standard InChI is InChI=1S/C21H23F2N3S2/c1-27-16-6-8-17(9-7-16)28-26-19-5-3-2-4-18(19)21(24-26)25-12-10-15(11-13-25)14-20(22)23/h2-9,15,20H,10-14H2,1H3. The molecule has 1 fully saturated rings. The maximum absolute atomic E-state index is 12.7. The van der Waals surface area contributed by atoms with E-state index in [9.17, 15) is 8.78 Å². The first-order valence-electron chi connectivity index (χ1n) is 9.47. The molecule has 1 aromatic heterocycles. The molecule has 0 atom stereocenters. The molecule has 148 valence electrons. The molecule has 1 saturated heterocycles. The van der Waals surface area contributed by atoms with E-state index < -0.39 is 6.43 Å². The normalized spacial score (nSPS) is 15.6. The Balaban J connectivity index is 1.56. The second kappa shape index (κ2) is 8.74. The van der Waals surface area contributed by atoms with Crippen LogP contribution in [0, 0.1) is 5.92 Å². The van der Waals surface area contributed by atoms with Gasteiger partial charge >= 0.3 is 0 Å². The highest BCUT2D eigenvalue weighted by Gasteiger charge is 2.25. The van der Waals surface area contributed by atoms with Crippen molar-refractivity contribution in [3.8, 4) is 0 Å². The Kier molecular flexibility index (Phi) is 6.11. The Morgan fingerprint density at radius 1 is 1.04 bits per heavy atom. The zero-order valence-corrected chi connectivity index (χ0v) is 17.4. The van der Waals surface area contributed by atoms with E-state index in [0.717, 1.165) is 47.5 Å². The molecule has 0 spiro atoms. The smallest absolute Gasteiger partial charge is 0.238 e. The minimum Gasteiger partial charge on any atom is -0.355 e. The van der Waals surface area contributed by atoms with Crippen LogP contribution in [0.25, 0.3) is 10.9 Å². The maximum Gasteiger partial charge on any atom is 0.238 e. The van der Waals surface area contributed by atoms with Gasteiger partial charge in [-0.1, -0.05) is 12.1 Å². The van der Waals surface area contributed by atoms with Crippen LogP contribution in [0.4, 0.5) is 14.6 Å². The van der Waals surface area contributed by atoms with Crippen LogP contribution in [-0.4, -0.2) is 35.0 Å². The van der Waals surface area contributed by atoms with Gasteiger partial charge in [0.1, 0.15) is 0 Å². The van der Waals surface area contributed by atoms with Gasteiger partial charge in [0.25, 0.3) is 0 Å². The highest BCUT2D eigenvalue weighted by Crippen LogP contribution is 2.34. The molecule has 1 aliphatic rings. The molecule has 4 rings (SSSR count). The van der Waals surface area contributed by atoms with Crippen molar-refractivity contribution >= 4 is 40.4 Å². The number of aromatic nitrogens is 2. The van der Waals surface area contributed by atoms with Gasteiger partial charge in [-0.3, -0.25) is 0 Å². The van der Waals surface area contributed by atoms with Crippen molar-refractivity contribution in [3.05, 3.63) is 48.5 Å². The third-order valence-corrected chi connectivity index (χ3v) is 6.89. The van der Waals surface area contributed by atoms with Crippen LogP contribution in [0.5, 0.6) is 0 Å². The summed E-state index contributed by atoms with van der Waals surface area (Å²) in [6, 6.07) is 16.7. The molecule has 0 saturated carbocycles. The van der Waals surface area contributed by atoms with Crippen molar-refractivity contribution < 1.29 is 8.78 Å². The first-order valence-corrected chi connectivity index (χ1v) is 11.5. The molecule has 0 amide bonds. The minimum absolute atomic E-state index is 0.0188. The van der Waals surface area contributed by atoms with Gasteiger partial charge in [-0.15, -0.1) is 16.9 Å². The second-order valence-electron chi connectivity index (χ2n) is 7.04. The van der Waals surface area contributed by atoms with E-state index in [2.05, 4.69) is 47.6 Å². The van der Waals surface area contributed by atoms with Crippen LogP contribution in [0.3, 0.4) is 0 Å². The van der Waals surface area contributed by atoms with E-state index in [1.807, 2.05) is 16.2 Å². The van der Waals surface area contributed by atoms with Gasteiger partial charge in [0.05, 0.1) is 5.52 Å². The lowest BCUT2D eigenvalue weighted by molar-refractivity contribution is 0.108. The van der Waals surface area contributed by atoms with E-state index in [1.54, 1.807) is 23.7 Å². The van der Waals surface area contributed by atoms with Crippen LogP contribution in [0.2, 0.25) is 0 Å². The van der Waals surface area contributed by atoms with Gasteiger partial charge in [-0.05, 0) is 61.4 Å². The van der Waals surface area contributed by atoms with Crippen molar-refractivity contribution in [1.29, 1.82) is 0 Å². The Morgan fingerprint density at radius 2 is 1.71 bits per heavy atom. The largest absolute Gasteiger partial charge is 0.355 e. The lowest BCUT2D eigenvalue weighted by atomic mass is 9.93. The summed E-state index contributed by atoms with van der Waals surface area (Å²) in [5.41, 5.74) is 1.08. The number of para-hydroxylation sites is 1. The summed E-state index contributed by atoms with van der Waals surface area (Å²) in [6.45, 7) is 1.57. The number of alkyl halides is 2. The molecule has 3 aromatic rings. The number of piperidine rings is 1. The molecule has 0 bridgehead atoms. The highest BCUT2D eigenvalue weighted by molar-refractivity contribution is 7.98. The third kappa shape index (κ3) is 4.30. The Morgan fingerprint density at radius 3 is 2.39 bits per heavy atom. The first-order chi connectivity index (χ1) is 13.6. The molecule has 3 nitrogen and oxygen atoms in total. The van der Waals surface area contributed by atoms with Crippen molar-refractivity contribution in [3.63, 3.8) is 0 Å². The number of nitrogens with zero attached hydrogens (tertiary/aromatic N) is 3. The van der Waals surface area contributed by atoms with Crippen LogP contribution in [0.15, 0.2) is 58.3 Å². The molecule has 0 aliphatic carbocycles. The fourth-order valence-electron chi connectivity index (χ4n) is 3.70. The molecule has 7 heteroatoms. The molecule has 2 aromatic carbocycles. The number of anilines is 1. The number of rotatable bonds is 6. The van der Waals surface area contributed by atoms with Crippen molar-refractivity contribution in [1.82, 2.24) is 9.19 Å². The predicted molar refractivity (Wildman–Crippen MR) is 115 cm³/mol. The predicted octanol–water partition coefficient (Wildman–Crippen LogP) is 6.19. The van der Waals surface area contributed by atoms with E-state index in [1.165, 1.54) is 4.90 Å². The SMILES string of the molecule is CSc1ccc(Sn2nc(N3CCC(CC(F)F)CC3)c3ccccc32)cc1. The van der Waals surface area contributed by atoms with E-state index in [-0.39, 0.29) is 12.3 Å². The molecule has 28 heavy (non-hydrogen) atoms. The van der Waals surface area contributed by atoms with Crippen molar-refractivity contribution in [2.24, 2.45) is 5.92 Å². The van der Waals surface area contributed by atoms with E-state index in [4.69, 9.17) is 5.10 Å². The molecular formula is C21H23F2N3S2. The summed E-state index contributed by atoms with van der Waals surface area (Å²) in [6.07, 6.45) is 1.49. The Bertz CT molecular complexity index is 919. The van der Waals surface area contributed by atoms with Gasteiger partial charge in [0, 0.05) is 46.6 Å². The van der Waals surface area contributed by atoms with E-state index in [0.29, 0.717) is 0 Å². The first kappa shape index (κ1) is 19.6. The Hall–Kier alpha value is -1.73. The maximum atomic E-state index is 12.7. The molecular weight excluding hydrogens is 396 g/mol. The number of benzene rings is 2. The average Bonchev–Trinajstić information content (AvgIpc) is 3.07. The molecule has 0 N–H and O–H groups in total. The van der Waals surface area contributed by atoms with Crippen molar-refractivity contribution in [2.75, 3.05) is 24.2 Å². The molecule has 0 unspecified atom stereocenters. The number of hydrogen-bond donors (Lipinski definition) is 0. The number of fused-ring (bicyclic) bond motifs is 1. The number of halogens is 2. The lowest BCUT2D eigenvalue weighted by Crippen LogP contribution is -2.34. The number of thioether (sulfide) groups is 1. The van der Waals surface area contributed by atoms with Crippen LogP contribution < -0.4 is 4.90 Å². The minimum atomic E-state index is -2.20.